The van der Waals surface area contributed by atoms with Gasteiger partial charge in [0.1, 0.15) is 0 Å². The second-order valence-corrected chi connectivity index (χ2v) is 11.2. The van der Waals surface area contributed by atoms with Crippen molar-refractivity contribution < 1.29 is 30.0 Å². The molecule has 2 unspecified atom stereocenters. The fourth-order valence-corrected chi connectivity index (χ4v) is 3.87. The Balaban J connectivity index is 5.25. The van der Waals surface area contributed by atoms with Crippen molar-refractivity contribution in [1.82, 2.24) is 25.3 Å². The van der Waals surface area contributed by atoms with E-state index in [-0.39, 0.29) is 26.2 Å². The van der Waals surface area contributed by atoms with Crippen molar-refractivity contribution in [2.45, 2.75) is 33.0 Å². The predicted molar refractivity (Wildman–Crippen MR) is 156 cm³/mol. The van der Waals surface area contributed by atoms with E-state index >= 15 is 0 Å². The molecule has 0 spiro atoms. The Kier molecular flexibility index (Phi) is 20.2. The molecule has 0 aromatic heterocycles. The fraction of sp³-hybridized carbons (Fsp3) is 0.783. The van der Waals surface area contributed by atoms with E-state index in [1.165, 1.54) is 0 Å². The maximum Gasteiger partial charge on any atom is 0.234 e. The summed E-state index contributed by atoms with van der Waals surface area (Å²) in [5, 5.41) is 41.9. The molecule has 0 aliphatic heterocycles. The van der Waals surface area contributed by atoms with Gasteiger partial charge >= 0.3 is 0 Å². The molecule has 0 radical (unpaired) electrons. The van der Waals surface area contributed by atoms with Crippen molar-refractivity contribution in [2.24, 2.45) is 0 Å². The van der Waals surface area contributed by atoms with Gasteiger partial charge in [-0.15, -0.1) is 0 Å². The van der Waals surface area contributed by atoms with Crippen LogP contribution in [0.4, 0.5) is 0 Å². The van der Waals surface area contributed by atoms with Crippen LogP contribution in [0.1, 0.15) is 20.8 Å². The van der Waals surface area contributed by atoms with Gasteiger partial charge in [0.25, 0.3) is 0 Å². The van der Waals surface area contributed by atoms with E-state index in [2.05, 4.69) is 20.4 Å². The first-order valence-electron chi connectivity index (χ1n) is 12.1. The minimum Gasteiger partial charge on any atom is -0.394 e. The van der Waals surface area contributed by atoms with Gasteiger partial charge in [0.15, 0.2) is 0 Å². The van der Waals surface area contributed by atoms with Crippen LogP contribution in [-0.4, -0.2) is 159 Å². The molecule has 11 nitrogen and oxygen atoms in total. The summed E-state index contributed by atoms with van der Waals surface area (Å²) in [5.41, 5.74) is 0. The summed E-state index contributed by atoms with van der Waals surface area (Å²) in [4.78, 5) is 33.3. The van der Waals surface area contributed by atoms with Crippen molar-refractivity contribution in [3.8, 4) is 0 Å². The number of amides is 2. The number of hydrogen-bond donors (Lipinski definition) is 6. The zero-order chi connectivity index (χ0) is 28.4. The number of nitrogens with zero attached hydrogens (tertiary/aromatic N) is 3. The van der Waals surface area contributed by atoms with Crippen molar-refractivity contribution >= 4 is 63.1 Å². The molecule has 0 aromatic rings. The Hall–Kier alpha value is -1.07. The maximum atomic E-state index is 12.4. The van der Waals surface area contributed by atoms with Gasteiger partial charge in [-0.2, -0.15) is 0 Å². The Bertz CT molecular complexity index is 702. The first-order chi connectivity index (χ1) is 17.4. The number of thiocarbonyl (C=S) groups is 3. The lowest BCUT2D eigenvalue weighted by molar-refractivity contribution is -0.125. The second kappa shape index (κ2) is 20.8. The molecular weight excluding hydrogens is 538 g/mol. The lowest BCUT2D eigenvalue weighted by Gasteiger charge is -2.29. The highest BCUT2D eigenvalue weighted by Crippen LogP contribution is 1.99. The minimum atomic E-state index is -1.07. The van der Waals surface area contributed by atoms with E-state index < -0.39 is 37.2 Å². The summed E-state index contributed by atoms with van der Waals surface area (Å²) in [7, 11) is 0. The highest BCUT2D eigenvalue weighted by atomic mass is 32.1. The van der Waals surface area contributed by atoms with E-state index in [1.54, 1.807) is 4.90 Å². The number of hydrogen-bond acceptors (Lipinski definition) is 12. The highest BCUT2D eigenvalue weighted by molar-refractivity contribution is 7.80. The zero-order valence-corrected chi connectivity index (χ0v) is 24.5. The lowest BCUT2D eigenvalue weighted by Crippen LogP contribution is -2.48. The summed E-state index contributed by atoms with van der Waals surface area (Å²) < 4.78 is 0. The van der Waals surface area contributed by atoms with Crippen LogP contribution in [0.3, 0.4) is 0 Å². The molecular formula is C23H43N5O6S3. The summed E-state index contributed by atoms with van der Waals surface area (Å²) in [6, 6.07) is 0. The van der Waals surface area contributed by atoms with E-state index in [9.17, 15) is 19.8 Å². The monoisotopic (exact) mass is 581 g/mol. The van der Waals surface area contributed by atoms with Crippen LogP contribution >= 0.6 is 36.7 Å². The third kappa shape index (κ3) is 20.6. The van der Waals surface area contributed by atoms with Crippen LogP contribution in [0.15, 0.2) is 0 Å². The van der Waals surface area contributed by atoms with Crippen molar-refractivity contribution in [3.63, 3.8) is 0 Å². The average molecular weight is 582 g/mol. The molecule has 2 amide bonds. The molecule has 0 rings (SSSR count). The number of rotatable bonds is 22. The summed E-state index contributed by atoms with van der Waals surface area (Å²) in [6.07, 6.45) is -2.15. The predicted octanol–water partition coefficient (Wildman–Crippen LogP) is -2.00. The molecule has 0 saturated heterocycles. The first kappa shape index (κ1) is 35.9. The third-order valence-corrected chi connectivity index (χ3v) is 5.42. The molecule has 2 atom stereocenters. The Morgan fingerprint density at radius 1 is 0.622 bits per heavy atom. The normalized spacial score (nSPS) is 13.0. The third-order valence-electron chi connectivity index (χ3n) is 5.03. The first-order valence-corrected chi connectivity index (χ1v) is 13.3. The molecule has 0 aliphatic rings. The van der Waals surface area contributed by atoms with E-state index in [0.717, 1.165) is 14.6 Å². The van der Waals surface area contributed by atoms with E-state index in [1.807, 2.05) is 20.8 Å². The summed E-state index contributed by atoms with van der Waals surface area (Å²) in [6.45, 7) is 8.40. The topological polar surface area (TPSA) is 149 Å². The SMILES string of the molecule is CC(=S)CN(CCN(CC(=O)NCC(O)CO)CC(=O)NCC(O)CO)CCN(CC(C)=S)CC(C)=S. The Morgan fingerprint density at radius 3 is 1.24 bits per heavy atom. The van der Waals surface area contributed by atoms with Crippen LogP contribution in [0.25, 0.3) is 0 Å². The number of carbonyl (C=O) groups excluding carboxylic acids is 2. The maximum absolute atomic E-state index is 12.4. The Morgan fingerprint density at radius 2 is 0.919 bits per heavy atom. The number of aliphatic hydroxyl groups is 4. The van der Waals surface area contributed by atoms with Crippen LogP contribution in [0, 0.1) is 0 Å². The van der Waals surface area contributed by atoms with E-state index in [0.29, 0.717) is 45.8 Å². The summed E-state index contributed by atoms with van der Waals surface area (Å²) in [5.74, 6) is -0.820. The average Bonchev–Trinajstić information content (AvgIpc) is 2.81. The molecule has 214 valence electrons. The standard InChI is InChI=1S/C23H43N5O6S3/c1-17(35)10-26(4-6-27(11-18(2)36)12-19(3)37)5-7-28(13-22(33)24-8-20(31)15-29)14-23(34)25-9-21(32)16-30/h20-21,29-32H,4-16H2,1-3H3,(H,24,33)(H,25,34). The van der Waals surface area contributed by atoms with Crippen molar-refractivity contribution in [2.75, 3.05) is 85.2 Å². The van der Waals surface area contributed by atoms with Crippen molar-refractivity contribution in [1.29, 1.82) is 0 Å². The molecule has 6 N–H and O–H groups in total. The molecule has 14 heteroatoms. The van der Waals surface area contributed by atoms with Crippen LogP contribution in [0.2, 0.25) is 0 Å². The Labute approximate surface area is 236 Å². The van der Waals surface area contributed by atoms with Gasteiger partial charge in [-0.05, 0) is 20.8 Å². The highest BCUT2D eigenvalue weighted by Gasteiger charge is 2.18. The largest absolute Gasteiger partial charge is 0.394 e. The lowest BCUT2D eigenvalue weighted by atomic mass is 10.3. The fourth-order valence-electron chi connectivity index (χ4n) is 3.32. The molecule has 0 aliphatic carbocycles. The molecule has 0 fully saturated rings. The van der Waals surface area contributed by atoms with Crippen LogP contribution in [0.5, 0.6) is 0 Å². The van der Waals surface area contributed by atoms with Gasteiger partial charge in [-0.3, -0.25) is 24.3 Å². The number of carbonyl (C=O) groups is 2. The second-order valence-electron chi connectivity index (χ2n) is 9.08. The molecule has 0 saturated carbocycles. The van der Waals surface area contributed by atoms with Gasteiger partial charge in [-0.25, -0.2) is 0 Å². The van der Waals surface area contributed by atoms with Crippen LogP contribution < -0.4 is 10.6 Å². The van der Waals surface area contributed by atoms with Crippen molar-refractivity contribution in [3.05, 3.63) is 0 Å². The zero-order valence-electron chi connectivity index (χ0n) is 22.0. The van der Waals surface area contributed by atoms with Gasteiger partial charge in [0.2, 0.25) is 11.8 Å². The smallest absolute Gasteiger partial charge is 0.234 e. The van der Waals surface area contributed by atoms with Crippen LogP contribution in [-0.2, 0) is 9.59 Å². The summed E-state index contributed by atoms with van der Waals surface area (Å²) >= 11 is 15.9. The minimum absolute atomic E-state index is 0.108. The number of aliphatic hydroxyl groups excluding tert-OH is 4. The van der Waals surface area contributed by atoms with Gasteiger partial charge in [0.05, 0.1) is 38.5 Å². The number of nitrogens with one attached hydrogen (secondary N) is 2. The molecule has 37 heavy (non-hydrogen) atoms. The van der Waals surface area contributed by atoms with Gasteiger partial charge in [-0.1, -0.05) is 36.7 Å². The molecule has 0 bridgehead atoms. The van der Waals surface area contributed by atoms with Gasteiger partial charge < -0.3 is 31.1 Å². The molecule has 0 heterocycles. The quantitative estimate of drug-likeness (QED) is 0.0786. The molecule has 0 aromatic carbocycles. The van der Waals surface area contributed by atoms with Gasteiger partial charge in [0, 0.05) is 73.5 Å². The van der Waals surface area contributed by atoms with E-state index in [4.69, 9.17) is 46.9 Å².